The van der Waals surface area contributed by atoms with E-state index in [9.17, 15) is 4.79 Å². The molecule has 6 nitrogen and oxygen atoms in total. The van der Waals surface area contributed by atoms with Gasteiger partial charge < -0.3 is 5.32 Å². The first-order valence-corrected chi connectivity index (χ1v) is 8.51. The molecule has 0 aliphatic carbocycles. The summed E-state index contributed by atoms with van der Waals surface area (Å²) < 4.78 is 1.68. The van der Waals surface area contributed by atoms with Crippen molar-refractivity contribution in [2.45, 2.75) is 44.1 Å². The standard InChI is InChI=1S/C12H19N5OS2/c1-3-5-13-10-14-7-9(20-10)8-19-12-16-15-11(18)17(12)6-4-2/h7H,3-6,8H2,1-2H3,(H,13,14)(H,15,18). The molecule has 0 aromatic carbocycles. The highest BCUT2D eigenvalue weighted by Crippen LogP contribution is 2.25. The van der Waals surface area contributed by atoms with Crippen LogP contribution in [0.4, 0.5) is 5.13 Å². The Morgan fingerprint density at radius 2 is 2.30 bits per heavy atom. The fraction of sp³-hybridized carbons (Fsp3) is 0.583. The third-order valence-corrected chi connectivity index (χ3v) is 4.76. The number of thioether (sulfide) groups is 1. The first-order chi connectivity index (χ1) is 9.74. The topological polar surface area (TPSA) is 75.6 Å². The van der Waals surface area contributed by atoms with Gasteiger partial charge in [0.25, 0.3) is 0 Å². The summed E-state index contributed by atoms with van der Waals surface area (Å²) in [7, 11) is 0. The van der Waals surface area contributed by atoms with Crippen LogP contribution in [0.25, 0.3) is 0 Å². The van der Waals surface area contributed by atoms with Gasteiger partial charge in [0.1, 0.15) is 0 Å². The quantitative estimate of drug-likeness (QED) is 0.733. The second-order valence-electron chi connectivity index (χ2n) is 4.31. The van der Waals surface area contributed by atoms with Crippen molar-refractivity contribution in [3.8, 4) is 0 Å². The lowest BCUT2D eigenvalue weighted by atomic mass is 10.5. The maximum atomic E-state index is 11.6. The average Bonchev–Trinajstić information content (AvgIpc) is 3.03. The molecule has 2 N–H and O–H groups in total. The van der Waals surface area contributed by atoms with Gasteiger partial charge in [-0.15, -0.1) is 16.4 Å². The Bertz CT molecular complexity index is 589. The van der Waals surface area contributed by atoms with E-state index >= 15 is 0 Å². The largest absolute Gasteiger partial charge is 0.362 e. The minimum absolute atomic E-state index is 0.135. The van der Waals surface area contributed by atoms with Crippen molar-refractivity contribution < 1.29 is 0 Å². The number of rotatable bonds is 8. The van der Waals surface area contributed by atoms with Crippen molar-refractivity contribution in [3.63, 3.8) is 0 Å². The van der Waals surface area contributed by atoms with E-state index in [4.69, 9.17) is 0 Å². The van der Waals surface area contributed by atoms with Crippen molar-refractivity contribution in [1.29, 1.82) is 0 Å². The molecule has 8 heteroatoms. The highest BCUT2D eigenvalue weighted by atomic mass is 32.2. The maximum absolute atomic E-state index is 11.6. The molecule has 0 saturated carbocycles. The van der Waals surface area contributed by atoms with Crippen LogP contribution in [0.2, 0.25) is 0 Å². The molecule has 0 aliphatic rings. The van der Waals surface area contributed by atoms with Crippen molar-refractivity contribution in [2.75, 3.05) is 11.9 Å². The number of aromatic amines is 1. The van der Waals surface area contributed by atoms with Crippen LogP contribution in [0.15, 0.2) is 16.1 Å². The van der Waals surface area contributed by atoms with Gasteiger partial charge in [-0.3, -0.25) is 4.57 Å². The molecular formula is C12H19N5OS2. The van der Waals surface area contributed by atoms with E-state index in [0.29, 0.717) is 6.54 Å². The molecule has 0 radical (unpaired) electrons. The molecule has 0 atom stereocenters. The van der Waals surface area contributed by atoms with Gasteiger partial charge in [-0.2, -0.15) is 0 Å². The van der Waals surface area contributed by atoms with E-state index < -0.39 is 0 Å². The van der Waals surface area contributed by atoms with Gasteiger partial charge in [0, 0.05) is 29.9 Å². The minimum Gasteiger partial charge on any atom is -0.362 e. The maximum Gasteiger partial charge on any atom is 0.343 e. The van der Waals surface area contributed by atoms with Crippen molar-refractivity contribution in [1.82, 2.24) is 19.7 Å². The third-order valence-electron chi connectivity index (χ3n) is 2.59. The molecule has 0 unspecified atom stereocenters. The number of nitrogens with zero attached hydrogens (tertiary/aromatic N) is 3. The normalized spacial score (nSPS) is 10.9. The molecule has 0 amide bonds. The Morgan fingerprint density at radius 3 is 3.05 bits per heavy atom. The summed E-state index contributed by atoms with van der Waals surface area (Å²) in [6.07, 6.45) is 3.88. The predicted molar refractivity (Wildman–Crippen MR) is 83.6 cm³/mol. The molecule has 2 rings (SSSR count). The van der Waals surface area contributed by atoms with Gasteiger partial charge in [0.05, 0.1) is 0 Å². The second-order valence-corrected chi connectivity index (χ2v) is 6.37. The predicted octanol–water partition coefficient (Wildman–Crippen LogP) is 2.55. The molecule has 20 heavy (non-hydrogen) atoms. The summed E-state index contributed by atoms with van der Waals surface area (Å²) in [6.45, 7) is 5.81. The minimum atomic E-state index is -0.135. The summed E-state index contributed by atoms with van der Waals surface area (Å²) in [5, 5.41) is 11.5. The van der Waals surface area contributed by atoms with E-state index in [0.717, 1.165) is 35.4 Å². The number of anilines is 1. The van der Waals surface area contributed by atoms with Crippen LogP contribution in [-0.4, -0.2) is 26.3 Å². The lowest BCUT2D eigenvalue weighted by Crippen LogP contribution is -2.17. The van der Waals surface area contributed by atoms with Crippen molar-refractivity contribution in [2.24, 2.45) is 0 Å². The number of aromatic nitrogens is 4. The van der Waals surface area contributed by atoms with E-state index in [1.807, 2.05) is 13.1 Å². The van der Waals surface area contributed by atoms with Crippen LogP contribution in [0.1, 0.15) is 31.6 Å². The Hall–Kier alpha value is -1.28. The lowest BCUT2D eigenvalue weighted by molar-refractivity contribution is 0.604. The van der Waals surface area contributed by atoms with Gasteiger partial charge in [-0.1, -0.05) is 25.6 Å². The van der Waals surface area contributed by atoms with Gasteiger partial charge >= 0.3 is 5.69 Å². The summed E-state index contributed by atoms with van der Waals surface area (Å²) in [5.74, 6) is 0.777. The molecule has 2 aromatic heterocycles. The van der Waals surface area contributed by atoms with Gasteiger partial charge in [0.2, 0.25) is 0 Å². The Labute approximate surface area is 126 Å². The fourth-order valence-corrected chi connectivity index (χ4v) is 3.49. The first-order valence-electron chi connectivity index (χ1n) is 6.71. The molecule has 0 saturated heterocycles. The summed E-state index contributed by atoms with van der Waals surface area (Å²) in [4.78, 5) is 17.1. The molecule has 2 heterocycles. The number of hydrogen-bond donors (Lipinski definition) is 2. The number of H-pyrrole nitrogens is 1. The van der Waals surface area contributed by atoms with Gasteiger partial charge in [-0.05, 0) is 12.8 Å². The van der Waals surface area contributed by atoms with Crippen LogP contribution < -0.4 is 11.0 Å². The van der Waals surface area contributed by atoms with E-state index in [-0.39, 0.29) is 5.69 Å². The zero-order valence-corrected chi connectivity index (χ0v) is 13.3. The Balaban J connectivity index is 1.95. The summed E-state index contributed by atoms with van der Waals surface area (Å²) in [6, 6.07) is 0. The Kier molecular flexibility index (Phi) is 5.66. The molecule has 0 bridgehead atoms. The van der Waals surface area contributed by atoms with Gasteiger partial charge in [0.15, 0.2) is 10.3 Å². The molecule has 2 aromatic rings. The van der Waals surface area contributed by atoms with E-state index in [2.05, 4.69) is 27.4 Å². The van der Waals surface area contributed by atoms with Gasteiger partial charge in [-0.25, -0.2) is 14.9 Å². The average molecular weight is 313 g/mol. The third kappa shape index (κ3) is 3.86. The van der Waals surface area contributed by atoms with Crippen molar-refractivity contribution in [3.05, 3.63) is 21.6 Å². The zero-order valence-electron chi connectivity index (χ0n) is 11.7. The monoisotopic (exact) mass is 313 g/mol. The molecule has 0 aliphatic heterocycles. The summed E-state index contributed by atoms with van der Waals surface area (Å²) in [5.41, 5.74) is -0.135. The fourth-order valence-electron chi connectivity index (χ4n) is 1.66. The number of nitrogens with one attached hydrogen (secondary N) is 2. The van der Waals surface area contributed by atoms with Crippen LogP contribution in [0.5, 0.6) is 0 Å². The SMILES string of the molecule is CCCNc1ncc(CSc2n[nH]c(=O)n2CCC)s1. The summed E-state index contributed by atoms with van der Waals surface area (Å²) >= 11 is 3.21. The van der Waals surface area contributed by atoms with Crippen LogP contribution in [0.3, 0.4) is 0 Å². The molecule has 0 fully saturated rings. The number of thiazole rings is 1. The number of hydrogen-bond acceptors (Lipinski definition) is 6. The smallest absolute Gasteiger partial charge is 0.343 e. The van der Waals surface area contributed by atoms with Crippen LogP contribution >= 0.6 is 23.1 Å². The lowest BCUT2D eigenvalue weighted by Gasteiger charge is -2.02. The second kappa shape index (κ2) is 7.49. The highest BCUT2D eigenvalue weighted by Gasteiger charge is 2.09. The van der Waals surface area contributed by atoms with E-state index in [1.54, 1.807) is 27.7 Å². The highest BCUT2D eigenvalue weighted by molar-refractivity contribution is 7.98. The molecule has 0 spiro atoms. The Morgan fingerprint density at radius 1 is 1.45 bits per heavy atom. The zero-order chi connectivity index (χ0) is 14.4. The van der Waals surface area contributed by atoms with Crippen LogP contribution in [-0.2, 0) is 12.3 Å². The van der Waals surface area contributed by atoms with Crippen LogP contribution in [0, 0.1) is 0 Å². The first kappa shape index (κ1) is 15.1. The van der Waals surface area contributed by atoms with E-state index in [1.165, 1.54) is 4.88 Å². The molecule has 110 valence electrons. The molecular weight excluding hydrogens is 294 g/mol. The van der Waals surface area contributed by atoms with Crippen molar-refractivity contribution >= 4 is 28.2 Å².